The maximum atomic E-state index is 13.4. The number of benzene rings is 1. The molecule has 2 rings (SSSR count). The predicted octanol–water partition coefficient (Wildman–Crippen LogP) is -2.03. The third-order valence-corrected chi connectivity index (χ3v) is 6.31. The fraction of sp³-hybridized carbons (Fsp3) is 0.423. The molecule has 0 saturated carbocycles. The van der Waals surface area contributed by atoms with Gasteiger partial charge in [0.1, 0.15) is 18.1 Å². The number of aromatic amines is 1. The van der Waals surface area contributed by atoms with Crippen LogP contribution in [0.5, 0.6) is 0 Å². The van der Waals surface area contributed by atoms with E-state index in [2.05, 4.69) is 25.9 Å². The number of nitrogens with one attached hydrogen (secondary N) is 4. The first-order valence-electron chi connectivity index (χ1n) is 13.2. The fourth-order valence-corrected chi connectivity index (χ4v) is 4.11. The molecule has 0 aliphatic rings. The normalized spacial score (nSPS) is 13.6. The molecule has 0 aliphatic heterocycles. The van der Waals surface area contributed by atoms with Crippen LogP contribution in [0.1, 0.15) is 37.7 Å². The summed E-state index contributed by atoms with van der Waals surface area (Å²) < 4.78 is 0. The molecule has 1 aromatic carbocycles. The SMILES string of the molecule is NC(N)=NCCCC(N)C(=O)NC(Cc1c[nH]c2ccccc12)C(=O)NC(CC(=O)O)C(=O)NC(CCC(=O)O)C(=O)O. The van der Waals surface area contributed by atoms with Crippen LogP contribution in [0.2, 0.25) is 0 Å². The van der Waals surface area contributed by atoms with Crippen molar-refractivity contribution in [2.24, 2.45) is 22.2 Å². The van der Waals surface area contributed by atoms with Gasteiger partial charge >= 0.3 is 17.9 Å². The molecule has 0 aliphatic carbocycles. The minimum atomic E-state index is -1.76. The number of nitrogens with two attached hydrogens (primary N) is 3. The van der Waals surface area contributed by atoms with Gasteiger partial charge in [0, 0.05) is 36.5 Å². The van der Waals surface area contributed by atoms with Crippen LogP contribution < -0.4 is 33.2 Å². The first-order valence-corrected chi connectivity index (χ1v) is 13.2. The quantitative estimate of drug-likeness (QED) is 0.0500. The second kappa shape index (κ2) is 16.3. The molecule has 3 amide bonds. The summed E-state index contributed by atoms with van der Waals surface area (Å²) in [4.78, 5) is 80.0. The van der Waals surface area contributed by atoms with Crippen molar-refractivity contribution in [2.75, 3.05) is 6.54 Å². The lowest BCUT2D eigenvalue weighted by Crippen LogP contribution is -2.58. The number of hydrogen-bond acceptors (Lipinski definition) is 8. The molecular weight excluding hydrogens is 568 g/mol. The molecule has 17 heteroatoms. The Morgan fingerprint density at radius 3 is 2.09 bits per heavy atom. The van der Waals surface area contributed by atoms with Crippen molar-refractivity contribution >= 4 is 52.5 Å². The van der Waals surface area contributed by atoms with E-state index in [9.17, 15) is 39.0 Å². The summed E-state index contributed by atoms with van der Waals surface area (Å²) in [6.07, 6.45) is 0.0808. The van der Waals surface area contributed by atoms with Crippen LogP contribution in [0.25, 0.3) is 10.9 Å². The van der Waals surface area contributed by atoms with Crippen LogP contribution in [-0.4, -0.2) is 92.6 Å². The smallest absolute Gasteiger partial charge is 0.326 e. The number of para-hydroxylation sites is 1. The molecule has 0 bridgehead atoms. The lowest BCUT2D eigenvalue weighted by Gasteiger charge is -2.24. The summed E-state index contributed by atoms with van der Waals surface area (Å²) in [5.74, 6) is -7.27. The lowest BCUT2D eigenvalue weighted by atomic mass is 10.0. The highest BCUT2D eigenvalue weighted by Gasteiger charge is 2.32. The van der Waals surface area contributed by atoms with E-state index in [0.29, 0.717) is 12.0 Å². The van der Waals surface area contributed by atoms with Gasteiger partial charge in [-0.2, -0.15) is 0 Å². The molecule has 1 aromatic heterocycles. The molecule has 234 valence electrons. The molecule has 4 unspecified atom stereocenters. The summed E-state index contributed by atoms with van der Waals surface area (Å²) in [5.41, 5.74) is 17.9. The van der Waals surface area contributed by atoms with Gasteiger partial charge in [0.25, 0.3) is 0 Å². The Kier molecular flexibility index (Phi) is 12.9. The number of H-pyrrole nitrogens is 1. The van der Waals surface area contributed by atoms with E-state index < -0.39 is 79.1 Å². The van der Waals surface area contributed by atoms with Gasteiger partial charge < -0.3 is 53.5 Å². The minimum absolute atomic E-state index is 0.0833. The number of carbonyl (C=O) groups excluding carboxylic acids is 3. The number of carbonyl (C=O) groups is 6. The van der Waals surface area contributed by atoms with E-state index in [1.807, 2.05) is 0 Å². The number of amides is 3. The van der Waals surface area contributed by atoms with Crippen molar-refractivity contribution < 1.29 is 44.1 Å². The number of carboxylic acids is 3. The van der Waals surface area contributed by atoms with Crippen LogP contribution in [-0.2, 0) is 35.2 Å². The molecule has 43 heavy (non-hydrogen) atoms. The Morgan fingerprint density at radius 1 is 0.837 bits per heavy atom. The van der Waals surface area contributed by atoms with E-state index in [-0.39, 0.29) is 25.3 Å². The Labute approximate surface area is 245 Å². The molecule has 0 spiro atoms. The second-order valence-corrected chi connectivity index (χ2v) is 9.67. The zero-order chi connectivity index (χ0) is 32.1. The summed E-state index contributed by atoms with van der Waals surface area (Å²) in [7, 11) is 0. The van der Waals surface area contributed by atoms with E-state index in [4.69, 9.17) is 22.3 Å². The zero-order valence-corrected chi connectivity index (χ0v) is 23.1. The van der Waals surface area contributed by atoms with Gasteiger partial charge in [0.05, 0.1) is 12.5 Å². The molecule has 0 saturated heterocycles. The number of nitrogens with zero attached hydrogens (tertiary/aromatic N) is 1. The number of aliphatic carboxylic acids is 3. The fourth-order valence-electron chi connectivity index (χ4n) is 4.11. The van der Waals surface area contributed by atoms with Gasteiger partial charge in [-0.25, -0.2) is 4.79 Å². The van der Waals surface area contributed by atoms with Crippen LogP contribution >= 0.6 is 0 Å². The molecule has 17 nitrogen and oxygen atoms in total. The summed E-state index contributed by atoms with van der Waals surface area (Å²) in [5, 5.41) is 35.2. The van der Waals surface area contributed by atoms with Crippen molar-refractivity contribution in [3.05, 3.63) is 36.0 Å². The number of rotatable bonds is 18. The van der Waals surface area contributed by atoms with Crippen LogP contribution in [0.15, 0.2) is 35.5 Å². The molecule has 4 atom stereocenters. The third-order valence-electron chi connectivity index (χ3n) is 6.31. The van der Waals surface area contributed by atoms with E-state index in [0.717, 1.165) is 10.9 Å². The molecule has 13 N–H and O–H groups in total. The van der Waals surface area contributed by atoms with Crippen LogP contribution in [0, 0.1) is 0 Å². The molecule has 0 fully saturated rings. The maximum absolute atomic E-state index is 13.4. The molecule has 2 aromatic rings. The maximum Gasteiger partial charge on any atom is 0.326 e. The van der Waals surface area contributed by atoms with Crippen molar-refractivity contribution in [1.82, 2.24) is 20.9 Å². The Bertz CT molecular complexity index is 1360. The van der Waals surface area contributed by atoms with Gasteiger partial charge in [-0.3, -0.25) is 29.0 Å². The number of aliphatic imine (C=N–C) groups is 1. The molecule has 0 radical (unpaired) electrons. The monoisotopic (exact) mass is 604 g/mol. The van der Waals surface area contributed by atoms with Crippen molar-refractivity contribution in [3.63, 3.8) is 0 Å². The lowest BCUT2D eigenvalue weighted by molar-refractivity contribution is -0.144. The van der Waals surface area contributed by atoms with Crippen molar-refractivity contribution in [1.29, 1.82) is 0 Å². The number of carboxylic acid groups (broad SMARTS) is 3. The predicted molar refractivity (Wildman–Crippen MR) is 152 cm³/mol. The summed E-state index contributed by atoms with van der Waals surface area (Å²) >= 11 is 0. The zero-order valence-electron chi connectivity index (χ0n) is 23.1. The van der Waals surface area contributed by atoms with E-state index >= 15 is 0 Å². The van der Waals surface area contributed by atoms with Gasteiger partial charge in [0.2, 0.25) is 17.7 Å². The van der Waals surface area contributed by atoms with Gasteiger partial charge in [-0.1, -0.05) is 18.2 Å². The number of aromatic nitrogens is 1. The minimum Gasteiger partial charge on any atom is -0.481 e. The van der Waals surface area contributed by atoms with Gasteiger partial charge in [0.15, 0.2) is 5.96 Å². The highest BCUT2D eigenvalue weighted by molar-refractivity contribution is 5.96. The largest absolute Gasteiger partial charge is 0.481 e. The number of hydrogen-bond donors (Lipinski definition) is 10. The highest BCUT2D eigenvalue weighted by Crippen LogP contribution is 2.19. The Hall–Kier alpha value is -5.19. The van der Waals surface area contributed by atoms with Gasteiger partial charge in [-0.15, -0.1) is 0 Å². The molecule has 1 heterocycles. The number of fused-ring (bicyclic) bond motifs is 1. The average molecular weight is 605 g/mol. The van der Waals surface area contributed by atoms with Crippen LogP contribution in [0.3, 0.4) is 0 Å². The molecular formula is C26H36N8O9. The summed E-state index contributed by atoms with van der Waals surface area (Å²) in [6.45, 7) is 0.221. The summed E-state index contributed by atoms with van der Waals surface area (Å²) in [6, 6.07) is 1.36. The third kappa shape index (κ3) is 11.3. The highest BCUT2D eigenvalue weighted by atomic mass is 16.4. The first kappa shape index (κ1) is 34.0. The second-order valence-electron chi connectivity index (χ2n) is 9.67. The van der Waals surface area contributed by atoms with Gasteiger partial charge in [-0.05, 0) is 30.9 Å². The first-order chi connectivity index (χ1) is 20.3. The van der Waals surface area contributed by atoms with E-state index in [1.165, 1.54) is 0 Å². The number of guanidine groups is 1. The Morgan fingerprint density at radius 2 is 1.47 bits per heavy atom. The van der Waals surface area contributed by atoms with Crippen molar-refractivity contribution in [2.45, 2.75) is 62.7 Å². The standard InChI is InChI=1S/C26H36N8O9/c27-15(5-3-9-30-26(28)29)22(39)33-18(10-13-12-31-16-6-2-1-4-14(13)16)23(40)34-19(11-21(37)38)24(41)32-17(25(42)43)7-8-20(35)36/h1-2,4,6,12,15,17-19,31H,3,5,7-11,27H2,(H,32,41)(H,33,39)(H,34,40)(H,35,36)(H,37,38)(H,42,43)(H4,28,29,30). The Balaban J connectivity index is 2.27. The topological polar surface area (TPSA) is 305 Å². The van der Waals surface area contributed by atoms with Crippen molar-refractivity contribution in [3.8, 4) is 0 Å². The average Bonchev–Trinajstić information content (AvgIpc) is 3.34. The van der Waals surface area contributed by atoms with E-state index in [1.54, 1.807) is 30.5 Å². The van der Waals surface area contributed by atoms with Crippen LogP contribution in [0.4, 0.5) is 0 Å².